The molecular weight excluding hydrogens is 544 g/mol. The maximum atomic E-state index is 13.4. The van der Waals surface area contributed by atoms with Gasteiger partial charge in [-0.05, 0) is 60.2 Å². The number of anilines is 2. The van der Waals surface area contributed by atoms with E-state index in [0.717, 1.165) is 22.5 Å². The summed E-state index contributed by atoms with van der Waals surface area (Å²) in [6.45, 7) is 0.182. The highest BCUT2D eigenvalue weighted by Gasteiger charge is 2.16. The van der Waals surface area contributed by atoms with E-state index < -0.39 is 11.8 Å². The molecule has 2 amide bonds. The van der Waals surface area contributed by atoms with Crippen LogP contribution in [0.1, 0.15) is 21.7 Å². The molecule has 8 heteroatoms. The van der Waals surface area contributed by atoms with Crippen LogP contribution in [-0.2, 0) is 11.3 Å². The van der Waals surface area contributed by atoms with Crippen molar-refractivity contribution in [1.29, 1.82) is 0 Å². The third-order valence-corrected chi connectivity index (χ3v) is 6.44. The molecule has 0 aliphatic rings. The van der Waals surface area contributed by atoms with E-state index in [4.69, 9.17) is 16.6 Å². The predicted octanol–water partition coefficient (Wildman–Crippen LogP) is 6.84. The van der Waals surface area contributed by atoms with Gasteiger partial charge in [-0.3, -0.25) is 9.59 Å². The number of carbonyl (C=O) groups is 2. The molecule has 0 spiro atoms. The molecule has 0 aliphatic carbocycles. The van der Waals surface area contributed by atoms with Gasteiger partial charge >= 0.3 is 0 Å². The van der Waals surface area contributed by atoms with Crippen LogP contribution in [0.25, 0.3) is 17.4 Å². The Bertz CT molecular complexity index is 1700. The Morgan fingerprint density at radius 2 is 1.36 bits per heavy atom. The summed E-state index contributed by atoms with van der Waals surface area (Å²) in [7, 11) is 0. The molecule has 1 heterocycles. The van der Waals surface area contributed by atoms with Gasteiger partial charge in [0, 0.05) is 35.1 Å². The van der Waals surface area contributed by atoms with Crippen molar-refractivity contribution in [2.45, 2.75) is 6.54 Å². The smallest absolute Gasteiger partial charge is 0.268 e. The van der Waals surface area contributed by atoms with Gasteiger partial charge in [0.2, 0.25) is 0 Å². The van der Waals surface area contributed by atoms with E-state index in [-0.39, 0.29) is 12.2 Å². The number of amides is 2. The Hall–Kier alpha value is -5.47. The van der Waals surface area contributed by atoms with Gasteiger partial charge in [-0.15, -0.1) is 0 Å². The maximum Gasteiger partial charge on any atom is 0.268 e. The minimum absolute atomic E-state index is 0.0459. The van der Waals surface area contributed by atoms with Crippen LogP contribution in [0.4, 0.5) is 11.4 Å². The topological polar surface area (TPSA) is 95.4 Å². The van der Waals surface area contributed by atoms with Gasteiger partial charge in [0.25, 0.3) is 11.8 Å². The molecule has 42 heavy (non-hydrogen) atoms. The fourth-order valence-electron chi connectivity index (χ4n) is 4.15. The first-order valence-corrected chi connectivity index (χ1v) is 13.7. The van der Waals surface area contributed by atoms with Crippen LogP contribution in [0.5, 0.6) is 0 Å². The number of para-hydroxylation sites is 2. The summed E-state index contributed by atoms with van der Waals surface area (Å²) in [4.78, 5) is 26.4. The SMILES string of the molecule is O=C(NCc1ccccc1NC(=S)Nc1ccccc1)C(=Cc1ccc(-c2ccccc2)o1)NC(=O)c1ccccc1. The Labute approximate surface area is 249 Å². The lowest BCUT2D eigenvalue weighted by Crippen LogP contribution is -2.34. The second kappa shape index (κ2) is 13.7. The summed E-state index contributed by atoms with van der Waals surface area (Å²) in [5.74, 6) is 0.186. The quantitative estimate of drug-likeness (QED) is 0.114. The lowest BCUT2D eigenvalue weighted by atomic mass is 10.1. The summed E-state index contributed by atoms with van der Waals surface area (Å²) >= 11 is 5.48. The molecule has 0 saturated heterocycles. The highest BCUT2D eigenvalue weighted by molar-refractivity contribution is 7.80. The Morgan fingerprint density at radius 1 is 0.714 bits per heavy atom. The van der Waals surface area contributed by atoms with E-state index in [2.05, 4.69) is 21.3 Å². The van der Waals surface area contributed by atoms with Gasteiger partial charge in [0.05, 0.1) is 0 Å². The number of hydrogen-bond donors (Lipinski definition) is 4. The Kier molecular flexibility index (Phi) is 9.18. The molecule has 5 rings (SSSR count). The molecule has 208 valence electrons. The van der Waals surface area contributed by atoms with Crippen LogP contribution in [0, 0.1) is 0 Å². The van der Waals surface area contributed by atoms with Crippen molar-refractivity contribution < 1.29 is 14.0 Å². The first-order valence-electron chi connectivity index (χ1n) is 13.3. The molecule has 0 saturated carbocycles. The maximum absolute atomic E-state index is 13.4. The predicted molar refractivity (Wildman–Crippen MR) is 171 cm³/mol. The molecule has 0 fully saturated rings. The zero-order valence-corrected chi connectivity index (χ0v) is 23.4. The minimum Gasteiger partial charge on any atom is -0.457 e. The first-order chi connectivity index (χ1) is 20.5. The van der Waals surface area contributed by atoms with Crippen LogP contribution in [0.3, 0.4) is 0 Å². The van der Waals surface area contributed by atoms with Crippen molar-refractivity contribution >= 4 is 46.6 Å². The number of thiocarbonyl (C=S) groups is 1. The minimum atomic E-state index is -0.475. The Morgan fingerprint density at radius 3 is 2.10 bits per heavy atom. The standard InChI is InChI=1S/C34H28N4O3S/c39-32(25-14-6-2-7-15-25)37-30(22-28-20-21-31(41-28)24-12-4-1-5-13-24)33(40)35-23-26-16-10-11-19-29(26)38-34(42)36-27-17-8-3-9-18-27/h1-22H,23H2,(H,35,40)(H,37,39)(H2,36,38,42). The van der Waals surface area contributed by atoms with E-state index in [9.17, 15) is 9.59 Å². The molecule has 5 aromatic rings. The molecule has 4 aromatic carbocycles. The van der Waals surface area contributed by atoms with Gasteiger partial charge in [0.1, 0.15) is 17.2 Å². The fraction of sp³-hybridized carbons (Fsp3) is 0.0294. The van der Waals surface area contributed by atoms with Crippen LogP contribution < -0.4 is 21.3 Å². The van der Waals surface area contributed by atoms with Crippen molar-refractivity contribution in [3.05, 3.63) is 150 Å². The average molecular weight is 573 g/mol. The van der Waals surface area contributed by atoms with Gasteiger partial charge in [-0.25, -0.2) is 0 Å². The van der Waals surface area contributed by atoms with Crippen molar-refractivity contribution in [1.82, 2.24) is 10.6 Å². The molecule has 1 aromatic heterocycles. The van der Waals surface area contributed by atoms with Crippen molar-refractivity contribution in [3.63, 3.8) is 0 Å². The molecule has 0 unspecified atom stereocenters. The first kappa shape index (κ1) is 28.1. The van der Waals surface area contributed by atoms with E-state index in [1.807, 2.05) is 97.1 Å². The summed E-state index contributed by atoms with van der Waals surface area (Å²) in [6.07, 6.45) is 1.52. The highest BCUT2D eigenvalue weighted by Crippen LogP contribution is 2.23. The monoisotopic (exact) mass is 572 g/mol. The van der Waals surface area contributed by atoms with E-state index in [1.54, 1.807) is 30.3 Å². The van der Waals surface area contributed by atoms with Crippen molar-refractivity contribution in [2.24, 2.45) is 0 Å². The Balaban J connectivity index is 1.32. The molecule has 0 atom stereocenters. The van der Waals surface area contributed by atoms with E-state index in [1.165, 1.54) is 6.08 Å². The molecule has 0 bridgehead atoms. The van der Waals surface area contributed by atoms with E-state index >= 15 is 0 Å². The number of benzene rings is 4. The number of carbonyl (C=O) groups excluding carboxylic acids is 2. The zero-order chi connectivity index (χ0) is 29.1. The molecule has 4 N–H and O–H groups in total. The summed E-state index contributed by atoms with van der Waals surface area (Å²) in [5.41, 5.74) is 3.78. The van der Waals surface area contributed by atoms with Crippen LogP contribution in [0.2, 0.25) is 0 Å². The van der Waals surface area contributed by atoms with E-state index in [0.29, 0.717) is 22.2 Å². The van der Waals surface area contributed by atoms with Crippen molar-refractivity contribution in [3.8, 4) is 11.3 Å². The van der Waals surface area contributed by atoms with Gasteiger partial charge in [-0.2, -0.15) is 0 Å². The molecule has 7 nitrogen and oxygen atoms in total. The third-order valence-electron chi connectivity index (χ3n) is 6.24. The molecule has 0 radical (unpaired) electrons. The lowest BCUT2D eigenvalue weighted by Gasteiger charge is -2.15. The summed E-state index contributed by atoms with van der Waals surface area (Å²) in [5, 5.41) is 12.4. The average Bonchev–Trinajstić information content (AvgIpc) is 3.50. The second-order valence-electron chi connectivity index (χ2n) is 9.23. The summed E-state index contributed by atoms with van der Waals surface area (Å²) in [6, 6.07) is 39.0. The van der Waals surface area contributed by atoms with Gasteiger partial charge in [-0.1, -0.05) is 84.9 Å². The molecular formula is C34H28N4O3S. The third kappa shape index (κ3) is 7.59. The normalized spacial score (nSPS) is 10.9. The van der Waals surface area contributed by atoms with Gasteiger partial charge < -0.3 is 25.7 Å². The number of furan rings is 1. The fourth-order valence-corrected chi connectivity index (χ4v) is 4.37. The zero-order valence-electron chi connectivity index (χ0n) is 22.5. The largest absolute Gasteiger partial charge is 0.457 e. The number of nitrogens with one attached hydrogen (secondary N) is 4. The number of hydrogen-bond acceptors (Lipinski definition) is 4. The summed E-state index contributed by atoms with van der Waals surface area (Å²) < 4.78 is 5.97. The van der Waals surface area contributed by atoms with Crippen molar-refractivity contribution in [2.75, 3.05) is 10.6 Å². The second-order valence-corrected chi connectivity index (χ2v) is 9.64. The van der Waals surface area contributed by atoms with Crippen LogP contribution in [0.15, 0.2) is 138 Å². The lowest BCUT2D eigenvalue weighted by molar-refractivity contribution is -0.117. The van der Waals surface area contributed by atoms with Gasteiger partial charge in [0.15, 0.2) is 5.11 Å². The van der Waals surface area contributed by atoms with Crippen LogP contribution in [-0.4, -0.2) is 16.9 Å². The molecule has 0 aliphatic heterocycles. The number of rotatable bonds is 9. The highest BCUT2D eigenvalue weighted by atomic mass is 32.1. The van der Waals surface area contributed by atoms with Crippen LogP contribution >= 0.6 is 12.2 Å².